The summed E-state index contributed by atoms with van der Waals surface area (Å²) >= 11 is 1.56. The van der Waals surface area contributed by atoms with E-state index in [-0.39, 0.29) is 12.3 Å². The molecule has 2 aromatic carbocycles. The Morgan fingerprint density at radius 2 is 2.00 bits per heavy atom. The number of hydrogen-bond donors (Lipinski definition) is 1. The molecule has 2 aromatic heterocycles. The minimum Gasteiger partial charge on any atom is -0.487 e. The normalized spacial score (nSPS) is 10.7. The van der Waals surface area contributed by atoms with Crippen molar-refractivity contribution in [2.45, 2.75) is 26.4 Å². The van der Waals surface area contributed by atoms with Crippen LogP contribution in [0.1, 0.15) is 23.4 Å². The average molecular weight is 420 g/mol. The largest absolute Gasteiger partial charge is 0.487 e. The van der Waals surface area contributed by atoms with Crippen molar-refractivity contribution in [2.75, 3.05) is 5.32 Å². The number of hydrogen-bond acceptors (Lipinski definition) is 6. The summed E-state index contributed by atoms with van der Waals surface area (Å²) < 4.78 is 11.6. The maximum atomic E-state index is 12.5. The fourth-order valence-electron chi connectivity index (χ4n) is 2.88. The molecule has 4 rings (SSSR count). The van der Waals surface area contributed by atoms with Crippen LogP contribution in [0, 0.1) is 6.92 Å². The van der Waals surface area contributed by atoms with E-state index >= 15 is 0 Å². The second-order valence-electron chi connectivity index (χ2n) is 6.84. The van der Waals surface area contributed by atoms with E-state index in [1.54, 1.807) is 11.3 Å². The molecule has 0 unspecified atom stereocenters. The van der Waals surface area contributed by atoms with Gasteiger partial charge in [0, 0.05) is 23.8 Å². The van der Waals surface area contributed by atoms with Gasteiger partial charge in [0.1, 0.15) is 12.4 Å². The maximum Gasteiger partial charge on any atom is 0.248 e. The first-order valence-corrected chi connectivity index (χ1v) is 10.5. The first kappa shape index (κ1) is 19.8. The Balaban J connectivity index is 1.36. The second kappa shape index (κ2) is 9.37. The topological polar surface area (TPSA) is 77.3 Å². The molecule has 1 amide bonds. The van der Waals surface area contributed by atoms with Crippen molar-refractivity contribution in [2.24, 2.45) is 0 Å². The van der Waals surface area contributed by atoms with Crippen LogP contribution in [0.15, 0.2) is 69.8 Å². The van der Waals surface area contributed by atoms with Crippen LogP contribution in [0.4, 0.5) is 5.69 Å². The van der Waals surface area contributed by atoms with Crippen molar-refractivity contribution in [3.05, 3.63) is 82.4 Å². The van der Waals surface area contributed by atoms with Gasteiger partial charge in [0.2, 0.25) is 17.7 Å². The number of rotatable bonds is 8. The third kappa shape index (κ3) is 5.12. The number of amides is 1. The van der Waals surface area contributed by atoms with Crippen LogP contribution in [0.25, 0.3) is 11.5 Å². The number of anilines is 1. The molecule has 0 fully saturated rings. The van der Waals surface area contributed by atoms with E-state index in [2.05, 4.69) is 15.5 Å². The lowest BCUT2D eigenvalue weighted by Gasteiger charge is -2.13. The zero-order valence-electron chi connectivity index (χ0n) is 16.5. The molecule has 1 N–H and O–H groups in total. The van der Waals surface area contributed by atoms with Gasteiger partial charge in [-0.05, 0) is 41.6 Å². The number of carbonyl (C=O) groups is 1. The highest BCUT2D eigenvalue weighted by Crippen LogP contribution is 2.27. The monoisotopic (exact) mass is 419 g/mol. The highest BCUT2D eigenvalue weighted by Gasteiger charge is 2.13. The molecular weight excluding hydrogens is 398 g/mol. The number of nitrogens with one attached hydrogen (secondary N) is 1. The van der Waals surface area contributed by atoms with Gasteiger partial charge in [-0.1, -0.05) is 36.4 Å². The van der Waals surface area contributed by atoms with Gasteiger partial charge in [-0.25, -0.2) is 0 Å². The fourth-order valence-corrected chi connectivity index (χ4v) is 3.51. The van der Waals surface area contributed by atoms with Crippen LogP contribution < -0.4 is 10.1 Å². The summed E-state index contributed by atoms with van der Waals surface area (Å²) in [4.78, 5) is 12.5. The molecule has 7 heteroatoms. The van der Waals surface area contributed by atoms with Gasteiger partial charge in [0.15, 0.2) is 0 Å². The predicted molar refractivity (Wildman–Crippen MR) is 117 cm³/mol. The zero-order chi connectivity index (χ0) is 20.8. The van der Waals surface area contributed by atoms with Gasteiger partial charge in [-0.3, -0.25) is 4.79 Å². The summed E-state index contributed by atoms with van der Waals surface area (Å²) in [6.07, 6.45) is 0.603. The van der Waals surface area contributed by atoms with Crippen LogP contribution in [-0.2, 0) is 17.8 Å². The van der Waals surface area contributed by atoms with Crippen molar-refractivity contribution in [3.8, 4) is 17.2 Å². The molecule has 0 aliphatic heterocycles. The number of carbonyl (C=O) groups excluding carboxylic acids is 1. The minimum absolute atomic E-state index is 0.140. The minimum atomic E-state index is -0.140. The zero-order valence-corrected chi connectivity index (χ0v) is 17.3. The highest BCUT2D eigenvalue weighted by molar-refractivity contribution is 7.08. The molecule has 0 aliphatic carbocycles. The Labute approximate surface area is 178 Å². The third-order valence-electron chi connectivity index (χ3n) is 4.45. The second-order valence-corrected chi connectivity index (χ2v) is 7.62. The van der Waals surface area contributed by atoms with Gasteiger partial charge in [-0.2, -0.15) is 11.3 Å². The van der Waals surface area contributed by atoms with Crippen molar-refractivity contribution >= 4 is 22.9 Å². The van der Waals surface area contributed by atoms with Gasteiger partial charge >= 0.3 is 0 Å². The Morgan fingerprint density at radius 3 is 2.80 bits per heavy atom. The van der Waals surface area contributed by atoms with Crippen LogP contribution in [0.2, 0.25) is 0 Å². The van der Waals surface area contributed by atoms with E-state index in [4.69, 9.17) is 9.15 Å². The van der Waals surface area contributed by atoms with Crippen LogP contribution in [-0.4, -0.2) is 16.1 Å². The van der Waals surface area contributed by atoms with E-state index < -0.39 is 0 Å². The molecule has 2 heterocycles. The molecule has 0 radical (unpaired) electrons. The van der Waals surface area contributed by atoms with E-state index in [9.17, 15) is 4.79 Å². The fraction of sp³-hybridized carbons (Fsp3) is 0.174. The van der Waals surface area contributed by atoms with Gasteiger partial charge < -0.3 is 14.5 Å². The van der Waals surface area contributed by atoms with E-state index in [0.29, 0.717) is 36.2 Å². The van der Waals surface area contributed by atoms with Crippen LogP contribution >= 0.6 is 11.3 Å². The third-order valence-corrected chi connectivity index (χ3v) is 5.13. The lowest BCUT2D eigenvalue weighted by Crippen LogP contribution is -2.13. The summed E-state index contributed by atoms with van der Waals surface area (Å²) in [5, 5.41) is 14.9. The molecule has 30 heavy (non-hydrogen) atoms. The van der Waals surface area contributed by atoms with Crippen molar-refractivity contribution in [1.82, 2.24) is 10.2 Å². The number of benzene rings is 2. The molecule has 4 aromatic rings. The summed E-state index contributed by atoms with van der Waals surface area (Å²) in [6, 6.07) is 17.6. The number of thiophene rings is 1. The Bertz CT molecular complexity index is 1110. The predicted octanol–water partition coefficient (Wildman–Crippen LogP) is 5.26. The Hall–Kier alpha value is -3.45. The first-order chi connectivity index (χ1) is 14.7. The summed E-state index contributed by atoms with van der Waals surface area (Å²) in [7, 11) is 0. The van der Waals surface area contributed by atoms with Gasteiger partial charge in [0.05, 0.1) is 5.69 Å². The van der Waals surface area contributed by atoms with Crippen molar-refractivity contribution < 1.29 is 13.9 Å². The summed E-state index contributed by atoms with van der Waals surface area (Å²) in [5.74, 6) is 1.42. The van der Waals surface area contributed by atoms with Crippen LogP contribution in [0.3, 0.4) is 0 Å². The quantitative estimate of drug-likeness (QED) is 0.422. The average Bonchev–Trinajstić information content (AvgIpc) is 3.45. The first-order valence-electron chi connectivity index (χ1n) is 9.59. The summed E-state index contributed by atoms with van der Waals surface area (Å²) in [6.45, 7) is 2.42. The smallest absolute Gasteiger partial charge is 0.248 e. The van der Waals surface area contributed by atoms with Crippen LogP contribution in [0.5, 0.6) is 5.75 Å². The molecule has 0 saturated heterocycles. The van der Waals surface area contributed by atoms with Crippen molar-refractivity contribution in [1.29, 1.82) is 0 Å². The van der Waals surface area contributed by atoms with Gasteiger partial charge in [0.25, 0.3) is 0 Å². The molecule has 0 atom stereocenters. The number of nitrogens with zero attached hydrogens (tertiary/aromatic N) is 2. The number of aromatic nitrogens is 2. The van der Waals surface area contributed by atoms with E-state index in [1.165, 1.54) is 0 Å². The van der Waals surface area contributed by atoms with Gasteiger partial charge in [-0.15, -0.1) is 10.2 Å². The molecule has 0 saturated carbocycles. The summed E-state index contributed by atoms with van der Waals surface area (Å²) in [5.41, 5.74) is 3.66. The molecule has 0 bridgehead atoms. The lowest BCUT2D eigenvalue weighted by atomic mass is 10.2. The highest BCUT2D eigenvalue weighted by atomic mass is 32.1. The van der Waals surface area contributed by atoms with Crippen molar-refractivity contribution in [3.63, 3.8) is 0 Å². The lowest BCUT2D eigenvalue weighted by molar-refractivity contribution is -0.116. The molecule has 0 spiro atoms. The van der Waals surface area contributed by atoms with E-state index in [1.807, 2.05) is 72.3 Å². The molecular formula is C23H21N3O3S. The molecule has 6 nitrogen and oxygen atoms in total. The maximum absolute atomic E-state index is 12.5. The number of aryl methyl sites for hydroxylation is 2. The standard InChI is InChI=1S/C23H21N3O3S/c1-16-7-8-19(20(13-16)28-14-17-5-3-2-4-6-17)24-21(27)9-10-22-25-26-23(29-22)18-11-12-30-15-18/h2-8,11-13,15H,9-10,14H2,1H3,(H,24,27). The number of ether oxygens (including phenoxy) is 1. The van der Waals surface area contributed by atoms with E-state index in [0.717, 1.165) is 16.7 Å². The SMILES string of the molecule is Cc1ccc(NC(=O)CCc2nnc(-c3ccsc3)o2)c(OCc2ccccc2)c1. The Morgan fingerprint density at radius 1 is 1.13 bits per heavy atom. The molecule has 152 valence electrons. The molecule has 0 aliphatic rings. The Kier molecular flexibility index (Phi) is 6.20.